The molecule has 3 N–H and O–H groups in total. The fourth-order valence-corrected chi connectivity index (χ4v) is 11.0. The van der Waals surface area contributed by atoms with Crippen LogP contribution in [0.3, 0.4) is 0 Å². The third-order valence-corrected chi connectivity index (χ3v) is 11.5. The lowest BCUT2D eigenvalue weighted by molar-refractivity contribution is -0.318. The molecule has 0 aromatic heterocycles. The first kappa shape index (κ1) is 23.1. The van der Waals surface area contributed by atoms with Crippen LogP contribution in [-0.4, -0.2) is 110 Å². The summed E-state index contributed by atoms with van der Waals surface area (Å²) >= 11 is 0. The summed E-state index contributed by atoms with van der Waals surface area (Å²) in [6.45, 7) is 4.18. The van der Waals surface area contributed by atoms with Crippen molar-refractivity contribution in [2.24, 2.45) is 34.5 Å². The summed E-state index contributed by atoms with van der Waals surface area (Å²) < 4.78 is 24.0. The van der Waals surface area contributed by atoms with Crippen LogP contribution in [-0.2, 0) is 18.9 Å². The van der Waals surface area contributed by atoms with Crippen molar-refractivity contribution in [2.45, 2.75) is 74.3 Å². The summed E-state index contributed by atoms with van der Waals surface area (Å²) in [6.07, 6.45) is 1.06. The summed E-state index contributed by atoms with van der Waals surface area (Å²) in [5, 5.41) is 37.6. The third-order valence-electron chi connectivity index (χ3n) is 11.5. The molecule has 0 radical (unpaired) electrons. The van der Waals surface area contributed by atoms with Crippen molar-refractivity contribution < 1.29 is 34.3 Å². The van der Waals surface area contributed by atoms with E-state index in [0.717, 1.165) is 25.9 Å². The molecule has 1 unspecified atom stereocenters. The molecular weight excluding hydrogens is 426 g/mol. The quantitative estimate of drug-likeness (QED) is 0.512. The number of nitrogens with zero attached hydrogens (tertiary/aromatic N) is 1. The van der Waals surface area contributed by atoms with Gasteiger partial charge in [0, 0.05) is 70.0 Å². The van der Waals surface area contributed by atoms with E-state index in [1.54, 1.807) is 28.4 Å². The van der Waals surface area contributed by atoms with Crippen molar-refractivity contribution >= 4 is 0 Å². The van der Waals surface area contributed by atoms with Crippen molar-refractivity contribution in [3.63, 3.8) is 0 Å². The van der Waals surface area contributed by atoms with Gasteiger partial charge < -0.3 is 34.3 Å². The molecule has 6 rings (SSSR count). The summed E-state index contributed by atoms with van der Waals surface area (Å²) in [6, 6.07) is -0.386. The molecule has 8 nitrogen and oxygen atoms in total. The molecule has 6 fully saturated rings. The van der Waals surface area contributed by atoms with Crippen LogP contribution in [0.25, 0.3) is 0 Å². The molecule has 5 saturated carbocycles. The molecule has 0 aromatic rings. The lowest BCUT2D eigenvalue weighted by Gasteiger charge is -2.69. The number of methoxy groups -OCH3 is 4. The highest BCUT2D eigenvalue weighted by molar-refractivity contribution is 5.41. The van der Waals surface area contributed by atoms with Crippen LogP contribution in [0.15, 0.2) is 0 Å². The number of piperidine rings is 1. The minimum atomic E-state index is -1.55. The maximum Gasteiger partial charge on any atom is 0.136 e. The van der Waals surface area contributed by atoms with Gasteiger partial charge in [-0.1, -0.05) is 6.92 Å². The zero-order valence-corrected chi connectivity index (χ0v) is 20.6. The topological polar surface area (TPSA) is 101 Å². The molecule has 188 valence electrons. The second-order valence-electron chi connectivity index (χ2n) is 11.9. The lowest BCUT2D eigenvalue weighted by Crippen LogP contribution is -2.82. The van der Waals surface area contributed by atoms with Crippen LogP contribution in [0, 0.1) is 34.5 Å². The van der Waals surface area contributed by atoms with E-state index >= 15 is 0 Å². The first-order chi connectivity index (χ1) is 15.8. The molecule has 33 heavy (non-hydrogen) atoms. The number of fused-ring (bicyclic) bond motifs is 2. The van der Waals surface area contributed by atoms with Crippen molar-refractivity contribution in [3.05, 3.63) is 0 Å². The molecule has 6 aliphatic rings. The Labute approximate surface area is 196 Å². The molecule has 1 heterocycles. The maximum atomic E-state index is 12.9. The first-order valence-corrected chi connectivity index (χ1v) is 12.7. The van der Waals surface area contributed by atoms with Gasteiger partial charge in [-0.25, -0.2) is 0 Å². The van der Waals surface area contributed by atoms with Crippen LogP contribution < -0.4 is 0 Å². The molecule has 5 aliphatic carbocycles. The Kier molecular flexibility index (Phi) is 4.99. The Morgan fingerprint density at radius 3 is 2.42 bits per heavy atom. The normalized spacial score (nSPS) is 60.9. The number of rotatable bonds is 6. The predicted molar refractivity (Wildman–Crippen MR) is 119 cm³/mol. The van der Waals surface area contributed by atoms with Gasteiger partial charge in [-0.05, 0) is 31.7 Å². The Hall–Kier alpha value is -0.320. The van der Waals surface area contributed by atoms with Crippen molar-refractivity contribution in [1.29, 1.82) is 0 Å². The Morgan fingerprint density at radius 2 is 1.82 bits per heavy atom. The number of likely N-dealkylation sites (tertiary alicyclic amines) is 1. The highest BCUT2D eigenvalue weighted by atomic mass is 16.5. The molecule has 1 aliphatic heterocycles. The molecule has 8 heteroatoms. The van der Waals surface area contributed by atoms with Gasteiger partial charge in [0.25, 0.3) is 0 Å². The number of hydrogen-bond donors (Lipinski definition) is 3. The van der Waals surface area contributed by atoms with Crippen LogP contribution in [0.2, 0.25) is 0 Å². The SMILES string of the molecule is CCN1C[C@@]2(COC)CC[C@@H](O)[C@@]34C1[C@@](O)([C@@H](OC)[C@@H]23)[C@]1(O)C[C@@H](OC)[C@@H]2C[C@H]4[C@H]1[C@@H]2OC. The zero-order chi connectivity index (χ0) is 23.6. The number of aliphatic hydroxyl groups excluding tert-OH is 1. The van der Waals surface area contributed by atoms with E-state index in [0.29, 0.717) is 19.4 Å². The van der Waals surface area contributed by atoms with Crippen molar-refractivity contribution in [2.75, 3.05) is 48.1 Å². The molecule has 7 bridgehead atoms. The van der Waals surface area contributed by atoms with E-state index in [9.17, 15) is 15.3 Å². The van der Waals surface area contributed by atoms with E-state index in [1.165, 1.54) is 0 Å². The van der Waals surface area contributed by atoms with E-state index in [-0.39, 0.29) is 47.3 Å². The molecule has 0 aromatic carbocycles. The Balaban J connectivity index is 1.67. The van der Waals surface area contributed by atoms with Crippen LogP contribution in [0.1, 0.15) is 32.6 Å². The van der Waals surface area contributed by atoms with Crippen LogP contribution in [0.4, 0.5) is 0 Å². The van der Waals surface area contributed by atoms with Gasteiger partial charge in [0.2, 0.25) is 0 Å². The molecule has 1 spiro atoms. The number of ether oxygens (including phenoxy) is 4. The van der Waals surface area contributed by atoms with Gasteiger partial charge in [-0.2, -0.15) is 0 Å². The van der Waals surface area contributed by atoms with Gasteiger partial charge in [-0.15, -0.1) is 0 Å². The van der Waals surface area contributed by atoms with Crippen molar-refractivity contribution in [1.82, 2.24) is 4.90 Å². The second kappa shape index (κ2) is 7.13. The van der Waals surface area contributed by atoms with Gasteiger partial charge in [0.1, 0.15) is 11.2 Å². The minimum Gasteiger partial charge on any atom is -0.392 e. The highest BCUT2D eigenvalue weighted by Gasteiger charge is 2.91. The summed E-state index contributed by atoms with van der Waals surface area (Å²) in [5.41, 5.74) is -3.82. The highest BCUT2D eigenvalue weighted by Crippen LogP contribution is 2.80. The fraction of sp³-hybridized carbons (Fsp3) is 1.00. The van der Waals surface area contributed by atoms with Gasteiger partial charge in [-0.3, -0.25) is 4.90 Å². The molecule has 1 saturated heterocycles. The summed E-state index contributed by atoms with van der Waals surface area (Å²) in [4.78, 5) is 2.33. The molecule has 0 amide bonds. The van der Waals surface area contributed by atoms with Gasteiger partial charge in [0.05, 0.1) is 37.1 Å². The van der Waals surface area contributed by atoms with Gasteiger partial charge >= 0.3 is 0 Å². The molecular formula is C25H41NO7. The maximum absolute atomic E-state index is 12.9. The fourth-order valence-electron chi connectivity index (χ4n) is 11.0. The monoisotopic (exact) mass is 467 g/mol. The number of hydrogen-bond acceptors (Lipinski definition) is 8. The summed E-state index contributed by atoms with van der Waals surface area (Å²) in [7, 11) is 6.79. The smallest absolute Gasteiger partial charge is 0.136 e. The average Bonchev–Trinajstić information content (AvgIpc) is 3.22. The summed E-state index contributed by atoms with van der Waals surface area (Å²) in [5.74, 6) is -0.231. The zero-order valence-electron chi connectivity index (χ0n) is 20.6. The first-order valence-electron chi connectivity index (χ1n) is 12.7. The van der Waals surface area contributed by atoms with E-state index in [2.05, 4.69) is 11.8 Å². The van der Waals surface area contributed by atoms with Crippen molar-refractivity contribution in [3.8, 4) is 0 Å². The predicted octanol–water partition coefficient (Wildman–Crippen LogP) is 0.271. The number of aliphatic hydroxyl groups is 3. The Bertz CT molecular complexity index is 814. The van der Waals surface area contributed by atoms with Crippen LogP contribution >= 0.6 is 0 Å². The minimum absolute atomic E-state index is 0.00825. The molecule has 13 atom stereocenters. The van der Waals surface area contributed by atoms with Crippen LogP contribution in [0.5, 0.6) is 0 Å². The Morgan fingerprint density at radius 1 is 1.06 bits per heavy atom. The van der Waals surface area contributed by atoms with Gasteiger partial charge in [0.15, 0.2) is 0 Å². The lowest BCUT2D eigenvalue weighted by atomic mass is 9.42. The van der Waals surface area contributed by atoms with E-state index < -0.39 is 28.8 Å². The van der Waals surface area contributed by atoms with E-state index in [4.69, 9.17) is 18.9 Å². The number of likely N-dealkylation sites (N-methyl/N-ethyl adjacent to an activating group) is 1. The largest absolute Gasteiger partial charge is 0.392 e. The second-order valence-corrected chi connectivity index (χ2v) is 11.9. The third kappa shape index (κ3) is 2.20. The average molecular weight is 468 g/mol. The van der Waals surface area contributed by atoms with E-state index in [1.807, 2.05) is 0 Å². The standard InChI is InChI=1S/C25H41NO7/c1-6-26-11-22(12-30-2)8-7-16(27)24-14-9-13-15(31-3)10-23(28,17(14)18(13)32-4)25(29,21(24)26)20(33-5)19(22)24/h13-21,27-29H,6-12H2,1-5H3/t13-,14-,15+,16+,17-,18+,19-,20-,21?,22+,23-,24+,25-/m0/s1.